The van der Waals surface area contributed by atoms with Crippen LogP contribution in [0.2, 0.25) is 0 Å². The molecule has 4 nitrogen and oxygen atoms in total. The normalized spacial score (nSPS) is 12.8. The van der Waals surface area contributed by atoms with Crippen molar-refractivity contribution in [3.8, 4) is 12.1 Å². The van der Waals surface area contributed by atoms with Gasteiger partial charge in [-0.15, -0.1) is 0 Å². The monoisotopic (exact) mass is 304 g/mol. The van der Waals surface area contributed by atoms with E-state index in [4.69, 9.17) is 0 Å². The average Bonchev–Trinajstić information content (AvgIpc) is 2.63. The van der Waals surface area contributed by atoms with Crippen LogP contribution in [0.25, 0.3) is 0 Å². The molecule has 2 aromatic rings. The fraction of sp³-hybridized carbons (Fsp3) is 0.263. The van der Waals surface area contributed by atoms with Gasteiger partial charge in [0.25, 0.3) is 0 Å². The van der Waals surface area contributed by atoms with Crippen molar-refractivity contribution in [1.82, 2.24) is 10.6 Å². The fourth-order valence-corrected chi connectivity index (χ4v) is 2.35. The lowest BCUT2D eigenvalue weighted by Gasteiger charge is -2.14. The van der Waals surface area contributed by atoms with Crippen molar-refractivity contribution in [1.29, 1.82) is 10.5 Å². The van der Waals surface area contributed by atoms with Crippen molar-refractivity contribution >= 4 is 0 Å². The minimum absolute atomic E-state index is 0.294. The van der Waals surface area contributed by atoms with Gasteiger partial charge in [-0.3, -0.25) is 10.6 Å². The van der Waals surface area contributed by atoms with E-state index in [9.17, 15) is 10.5 Å². The molecule has 0 saturated heterocycles. The Morgan fingerprint density at radius 3 is 1.43 bits per heavy atom. The van der Waals surface area contributed by atoms with Gasteiger partial charge in [0.15, 0.2) is 0 Å². The van der Waals surface area contributed by atoms with Crippen LogP contribution in [-0.2, 0) is 0 Å². The molecular formula is C19H20N4. The van der Waals surface area contributed by atoms with Gasteiger partial charge in [0, 0.05) is 0 Å². The second-order valence-electron chi connectivity index (χ2n) is 5.21. The molecule has 4 heteroatoms. The predicted octanol–water partition coefficient (Wildman–Crippen LogP) is 3.09. The first kappa shape index (κ1) is 16.7. The highest BCUT2D eigenvalue weighted by molar-refractivity contribution is 5.24. The molecule has 0 aromatic heterocycles. The second-order valence-corrected chi connectivity index (χ2v) is 5.21. The summed E-state index contributed by atoms with van der Waals surface area (Å²) in [5.74, 6) is 0. The van der Waals surface area contributed by atoms with Crippen molar-refractivity contribution in [2.75, 3.05) is 13.1 Å². The highest BCUT2D eigenvalue weighted by atomic mass is 14.9. The third-order valence-electron chi connectivity index (χ3n) is 3.57. The summed E-state index contributed by atoms with van der Waals surface area (Å²) in [6.07, 6.45) is 0.843. The smallest absolute Gasteiger partial charge is 0.121 e. The molecule has 0 aliphatic rings. The molecule has 2 atom stereocenters. The first-order valence-corrected chi connectivity index (χ1v) is 7.71. The minimum Gasteiger partial charge on any atom is -0.298 e. The standard InChI is InChI=1S/C19H20N4/c20-14-18(16-8-3-1-4-9-16)22-12-7-13-23-19(15-21)17-10-5-2-6-11-17/h1-6,8-11,18-19,22-23H,7,12-13H2/t18-,19-/m1/s1. The highest BCUT2D eigenvalue weighted by Gasteiger charge is 2.10. The number of nitrogens with zero attached hydrogens (tertiary/aromatic N) is 2. The van der Waals surface area contributed by atoms with Crippen LogP contribution in [0, 0.1) is 22.7 Å². The van der Waals surface area contributed by atoms with E-state index in [-0.39, 0.29) is 12.1 Å². The second kappa shape index (κ2) is 9.38. The fourth-order valence-electron chi connectivity index (χ4n) is 2.35. The lowest BCUT2D eigenvalue weighted by atomic mass is 10.1. The molecule has 0 aliphatic carbocycles. The topological polar surface area (TPSA) is 71.6 Å². The zero-order chi connectivity index (χ0) is 16.3. The van der Waals surface area contributed by atoms with Crippen LogP contribution in [0.4, 0.5) is 0 Å². The summed E-state index contributed by atoms with van der Waals surface area (Å²) in [6.45, 7) is 1.43. The Kier molecular flexibility index (Phi) is 6.81. The van der Waals surface area contributed by atoms with Crippen molar-refractivity contribution in [2.24, 2.45) is 0 Å². The minimum atomic E-state index is -0.294. The molecule has 2 N–H and O–H groups in total. The van der Waals surface area contributed by atoms with E-state index >= 15 is 0 Å². The van der Waals surface area contributed by atoms with Crippen LogP contribution < -0.4 is 10.6 Å². The van der Waals surface area contributed by atoms with E-state index in [1.54, 1.807) is 0 Å². The Labute approximate surface area is 137 Å². The van der Waals surface area contributed by atoms with Gasteiger partial charge in [-0.25, -0.2) is 0 Å². The summed E-state index contributed by atoms with van der Waals surface area (Å²) < 4.78 is 0. The maximum Gasteiger partial charge on any atom is 0.121 e. The molecule has 0 fully saturated rings. The van der Waals surface area contributed by atoms with E-state index in [2.05, 4.69) is 22.8 Å². The molecule has 0 bridgehead atoms. The maximum atomic E-state index is 9.24. The third-order valence-corrected chi connectivity index (χ3v) is 3.57. The molecule has 23 heavy (non-hydrogen) atoms. The highest BCUT2D eigenvalue weighted by Crippen LogP contribution is 2.12. The van der Waals surface area contributed by atoms with E-state index in [0.29, 0.717) is 13.1 Å². The molecule has 0 amide bonds. The zero-order valence-corrected chi connectivity index (χ0v) is 12.9. The van der Waals surface area contributed by atoms with E-state index in [1.807, 2.05) is 60.7 Å². The zero-order valence-electron chi connectivity index (χ0n) is 12.9. The number of benzene rings is 2. The van der Waals surface area contributed by atoms with E-state index in [1.165, 1.54) is 0 Å². The lowest BCUT2D eigenvalue weighted by Crippen LogP contribution is -2.26. The summed E-state index contributed by atoms with van der Waals surface area (Å²) >= 11 is 0. The largest absolute Gasteiger partial charge is 0.298 e. The average molecular weight is 304 g/mol. The molecule has 0 saturated carbocycles. The Morgan fingerprint density at radius 2 is 1.09 bits per heavy atom. The molecular weight excluding hydrogens is 284 g/mol. The summed E-state index contributed by atoms with van der Waals surface area (Å²) in [4.78, 5) is 0. The van der Waals surface area contributed by atoms with Gasteiger partial charge in [-0.05, 0) is 30.6 Å². The first-order valence-electron chi connectivity index (χ1n) is 7.71. The molecule has 0 unspecified atom stereocenters. The summed E-state index contributed by atoms with van der Waals surface area (Å²) in [5, 5.41) is 24.9. The number of hydrogen-bond acceptors (Lipinski definition) is 4. The molecule has 0 spiro atoms. The molecule has 0 radical (unpaired) electrons. The number of nitrogens with one attached hydrogen (secondary N) is 2. The molecule has 0 heterocycles. The summed E-state index contributed by atoms with van der Waals surface area (Å²) in [7, 11) is 0. The summed E-state index contributed by atoms with van der Waals surface area (Å²) in [6, 6.07) is 23.3. The van der Waals surface area contributed by atoms with Crippen LogP contribution in [0.3, 0.4) is 0 Å². The molecule has 0 aliphatic heterocycles. The number of rotatable bonds is 8. The predicted molar refractivity (Wildman–Crippen MR) is 90.2 cm³/mol. The quantitative estimate of drug-likeness (QED) is 0.735. The van der Waals surface area contributed by atoms with Crippen molar-refractivity contribution < 1.29 is 0 Å². The maximum absolute atomic E-state index is 9.24. The Hall–Kier alpha value is -2.66. The van der Waals surface area contributed by atoms with Crippen LogP contribution in [0.1, 0.15) is 29.6 Å². The lowest BCUT2D eigenvalue weighted by molar-refractivity contribution is 0.551. The van der Waals surface area contributed by atoms with Gasteiger partial charge >= 0.3 is 0 Å². The Morgan fingerprint density at radius 1 is 0.696 bits per heavy atom. The van der Waals surface area contributed by atoms with Crippen LogP contribution >= 0.6 is 0 Å². The van der Waals surface area contributed by atoms with Crippen LogP contribution in [0.5, 0.6) is 0 Å². The van der Waals surface area contributed by atoms with Gasteiger partial charge in [0.05, 0.1) is 12.1 Å². The van der Waals surface area contributed by atoms with Crippen molar-refractivity contribution in [2.45, 2.75) is 18.5 Å². The Balaban J connectivity index is 1.73. The van der Waals surface area contributed by atoms with Crippen LogP contribution in [-0.4, -0.2) is 13.1 Å². The van der Waals surface area contributed by atoms with Gasteiger partial charge < -0.3 is 0 Å². The number of nitriles is 2. The Bertz CT molecular complexity index is 596. The van der Waals surface area contributed by atoms with Gasteiger partial charge in [-0.1, -0.05) is 60.7 Å². The van der Waals surface area contributed by atoms with Crippen molar-refractivity contribution in [3.05, 3.63) is 71.8 Å². The molecule has 2 rings (SSSR count). The molecule has 2 aromatic carbocycles. The van der Waals surface area contributed by atoms with E-state index in [0.717, 1.165) is 17.5 Å². The first-order chi connectivity index (χ1) is 11.3. The third kappa shape index (κ3) is 5.23. The summed E-state index contributed by atoms with van der Waals surface area (Å²) in [5.41, 5.74) is 1.95. The van der Waals surface area contributed by atoms with Gasteiger partial charge in [0.2, 0.25) is 0 Å². The van der Waals surface area contributed by atoms with E-state index < -0.39 is 0 Å². The van der Waals surface area contributed by atoms with Gasteiger partial charge in [0.1, 0.15) is 12.1 Å². The van der Waals surface area contributed by atoms with Gasteiger partial charge in [-0.2, -0.15) is 10.5 Å². The number of hydrogen-bond donors (Lipinski definition) is 2. The SMILES string of the molecule is N#C[C@@H](NCCCN[C@H](C#N)c1ccccc1)c1ccccc1. The van der Waals surface area contributed by atoms with Crippen LogP contribution in [0.15, 0.2) is 60.7 Å². The van der Waals surface area contributed by atoms with Crippen molar-refractivity contribution in [3.63, 3.8) is 0 Å². The molecule has 116 valence electrons.